The van der Waals surface area contributed by atoms with E-state index in [9.17, 15) is 27.6 Å². The van der Waals surface area contributed by atoms with Crippen molar-refractivity contribution in [2.24, 2.45) is 0 Å². The standard InChI is InChI=1S/C22H18F3N5O3/c1-12-6-7-16(27-19(31)13-4-3-5-15(8-13)22(23,24)25)9-17(12)30-11-14-10-26-20(32)28-18(14)29(2)21(30)33/h3-10H,11H2,1-2H3,(H,27,31)(H,26,28,32). The second kappa shape index (κ2) is 8.08. The molecule has 11 heteroatoms. The summed E-state index contributed by atoms with van der Waals surface area (Å²) in [5.74, 6) is -0.368. The third-order valence-corrected chi connectivity index (χ3v) is 5.26. The summed E-state index contributed by atoms with van der Waals surface area (Å²) in [6, 6.07) is 8.55. The summed E-state index contributed by atoms with van der Waals surface area (Å²) in [7, 11) is 1.51. The van der Waals surface area contributed by atoms with Crippen LogP contribution in [0, 0.1) is 6.92 Å². The number of hydrogen-bond acceptors (Lipinski definition) is 4. The van der Waals surface area contributed by atoms with Crippen LogP contribution in [0.5, 0.6) is 0 Å². The highest BCUT2D eigenvalue weighted by Gasteiger charge is 2.32. The molecular weight excluding hydrogens is 439 g/mol. The number of carbonyl (C=O) groups is 2. The van der Waals surface area contributed by atoms with Crippen molar-refractivity contribution < 1.29 is 22.8 Å². The quantitative estimate of drug-likeness (QED) is 0.623. The molecule has 0 radical (unpaired) electrons. The minimum atomic E-state index is -4.57. The van der Waals surface area contributed by atoms with Crippen LogP contribution in [0.2, 0.25) is 0 Å². The number of H-pyrrole nitrogens is 1. The topological polar surface area (TPSA) is 98.4 Å². The van der Waals surface area contributed by atoms with Gasteiger partial charge in [0.15, 0.2) is 0 Å². The maximum Gasteiger partial charge on any atom is 0.416 e. The molecule has 0 spiro atoms. The summed E-state index contributed by atoms with van der Waals surface area (Å²) >= 11 is 0. The molecule has 1 aromatic heterocycles. The fourth-order valence-electron chi connectivity index (χ4n) is 3.55. The zero-order chi connectivity index (χ0) is 23.9. The zero-order valence-electron chi connectivity index (χ0n) is 17.5. The number of aromatic amines is 1. The van der Waals surface area contributed by atoms with Crippen LogP contribution in [0.4, 0.5) is 35.2 Å². The molecule has 170 valence electrons. The van der Waals surface area contributed by atoms with Gasteiger partial charge in [-0.2, -0.15) is 13.2 Å². The summed E-state index contributed by atoms with van der Waals surface area (Å²) in [5, 5.41) is 2.58. The zero-order valence-corrected chi connectivity index (χ0v) is 17.5. The highest BCUT2D eigenvalue weighted by Crippen LogP contribution is 2.33. The Morgan fingerprint density at radius 2 is 1.91 bits per heavy atom. The summed E-state index contributed by atoms with van der Waals surface area (Å²) in [5.41, 5.74) is 0.502. The molecule has 8 nitrogen and oxygen atoms in total. The van der Waals surface area contributed by atoms with Crippen molar-refractivity contribution in [3.8, 4) is 0 Å². The van der Waals surface area contributed by atoms with E-state index in [2.05, 4.69) is 15.3 Å². The second-order valence-electron chi connectivity index (χ2n) is 7.52. The van der Waals surface area contributed by atoms with Gasteiger partial charge in [-0.3, -0.25) is 19.6 Å². The molecule has 0 atom stereocenters. The van der Waals surface area contributed by atoms with E-state index in [-0.39, 0.29) is 12.1 Å². The number of fused-ring (bicyclic) bond motifs is 1. The minimum Gasteiger partial charge on any atom is -0.322 e. The number of halogens is 3. The van der Waals surface area contributed by atoms with Gasteiger partial charge < -0.3 is 5.32 Å². The van der Waals surface area contributed by atoms with Gasteiger partial charge in [-0.1, -0.05) is 12.1 Å². The number of rotatable bonds is 3. The predicted octanol–water partition coefficient (Wildman–Crippen LogP) is 3.93. The van der Waals surface area contributed by atoms with E-state index in [0.29, 0.717) is 22.8 Å². The first-order valence-corrected chi connectivity index (χ1v) is 9.77. The minimum absolute atomic E-state index is 0.133. The Hall–Kier alpha value is -4.15. The smallest absolute Gasteiger partial charge is 0.322 e. The van der Waals surface area contributed by atoms with Gasteiger partial charge in [0.25, 0.3) is 5.91 Å². The van der Waals surface area contributed by atoms with Crippen molar-refractivity contribution in [3.05, 3.63) is 81.4 Å². The SMILES string of the molecule is Cc1ccc(NC(=O)c2cccc(C(F)(F)F)c2)cc1N1Cc2cnc(=O)[nH]c2N(C)C1=O. The van der Waals surface area contributed by atoms with E-state index in [1.807, 2.05) is 0 Å². The molecule has 33 heavy (non-hydrogen) atoms. The fourth-order valence-corrected chi connectivity index (χ4v) is 3.55. The number of aryl methyl sites for hydroxylation is 1. The Morgan fingerprint density at radius 1 is 1.15 bits per heavy atom. The normalized spacial score (nSPS) is 13.7. The maximum atomic E-state index is 13.0. The van der Waals surface area contributed by atoms with Gasteiger partial charge in [-0.15, -0.1) is 0 Å². The molecule has 3 aromatic rings. The third kappa shape index (κ3) is 4.29. The lowest BCUT2D eigenvalue weighted by Gasteiger charge is -2.35. The van der Waals surface area contributed by atoms with Gasteiger partial charge >= 0.3 is 17.9 Å². The van der Waals surface area contributed by atoms with E-state index < -0.39 is 29.4 Å². The van der Waals surface area contributed by atoms with Crippen LogP contribution in [0.1, 0.15) is 27.0 Å². The summed E-state index contributed by atoms with van der Waals surface area (Å²) in [6.45, 7) is 1.91. The number of nitrogens with zero attached hydrogens (tertiary/aromatic N) is 3. The number of urea groups is 1. The second-order valence-corrected chi connectivity index (χ2v) is 7.52. The van der Waals surface area contributed by atoms with Gasteiger partial charge in [-0.25, -0.2) is 14.6 Å². The first-order chi connectivity index (χ1) is 15.5. The average Bonchev–Trinajstić information content (AvgIpc) is 2.77. The van der Waals surface area contributed by atoms with E-state index in [4.69, 9.17) is 0 Å². The van der Waals surface area contributed by atoms with Crippen LogP contribution < -0.4 is 20.8 Å². The monoisotopic (exact) mass is 457 g/mol. The molecular formula is C22H18F3N5O3. The van der Waals surface area contributed by atoms with Crippen LogP contribution in [0.15, 0.2) is 53.5 Å². The van der Waals surface area contributed by atoms with Crippen molar-refractivity contribution in [2.45, 2.75) is 19.6 Å². The number of carbonyl (C=O) groups excluding carboxylic acids is 2. The van der Waals surface area contributed by atoms with Gasteiger partial charge in [0, 0.05) is 30.1 Å². The molecule has 1 aliphatic heterocycles. The van der Waals surface area contributed by atoms with Crippen LogP contribution in [-0.4, -0.2) is 29.0 Å². The number of alkyl halides is 3. The van der Waals surface area contributed by atoms with Gasteiger partial charge in [0.1, 0.15) is 5.82 Å². The lowest BCUT2D eigenvalue weighted by molar-refractivity contribution is -0.137. The molecule has 0 unspecified atom stereocenters. The van der Waals surface area contributed by atoms with Crippen LogP contribution in [0.25, 0.3) is 0 Å². The molecule has 2 heterocycles. The lowest BCUT2D eigenvalue weighted by atomic mass is 10.1. The molecule has 0 fully saturated rings. The summed E-state index contributed by atoms with van der Waals surface area (Å²) in [4.78, 5) is 46.0. The number of aromatic nitrogens is 2. The van der Waals surface area contributed by atoms with Crippen molar-refractivity contribution in [1.82, 2.24) is 9.97 Å². The number of hydrogen-bond donors (Lipinski definition) is 2. The fraction of sp³-hybridized carbons (Fsp3) is 0.182. The Bertz CT molecular complexity index is 1320. The molecule has 2 N–H and O–H groups in total. The predicted molar refractivity (Wildman–Crippen MR) is 115 cm³/mol. The van der Waals surface area contributed by atoms with Gasteiger partial charge in [0.05, 0.1) is 17.8 Å². The van der Waals surface area contributed by atoms with Crippen LogP contribution in [0.3, 0.4) is 0 Å². The Morgan fingerprint density at radius 3 is 2.64 bits per heavy atom. The van der Waals surface area contributed by atoms with Crippen molar-refractivity contribution >= 4 is 29.1 Å². The lowest BCUT2D eigenvalue weighted by Crippen LogP contribution is -2.46. The van der Waals surface area contributed by atoms with Crippen molar-refractivity contribution in [2.75, 3.05) is 22.2 Å². The van der Waals surface area contributed by atoms with Gasteiger partial charge in [-0.05, 0) is 42.8 Å². The molecule has 2 aromatic carbocycles. The van der Waals surface area contributed by atoms with Crippen molar-refractivity contribution in [3.63, 3.8) is 0 Å². The largest absolute Gasteiger partial charge is 0.416 e. The van der Waals surface area contributed by atoms with Crippen molar-refractivity contribution in [1.29, 1.82) is 0 Å². The number of amides is 3. The molecule has 4 rings (SSSR count). The molecule has 1 aliphatic rings. The average molecular weight is 457 g/mol. The maximum absolute atomic E-state index is 13.0. The summed E-state index contributed by atoms with van der Waals surface area (Å²) < 4.78 is 38.9. The summed E-state index contributed by atoms with van der Waals surface area (Å²) in [6.07, 6.45) is -3.18. The Balaban J connectivity index is 1.62. The van der Waals surface area contributed by atoms with E-state index in [1.54, 1.807) is 25.1 Å². The Kier molecular flexibility index (Phi) is 5.40. The first kappa shape index (κ1) is 22.1. The number of nitrogens with one attached hydrogen (secondary N) is 2. The van der Waals surface area contributed by atoms with E-state index in [1.165, 1.54) is 29.1 Å². The molecule has 3 amide bonds. The molecule has 0 saturated carbocycles. The molecule has 0 saturated heterocycles. The van der Waals surface area contributed by atoms with Crippen LogP contribution in [-0.2, 0) is 12.7 Å². The van der Waals surface area contributed by atoms with E-state index in [0.717, 1.165) is 23.8 Å². The number of anilines is 3. The molecule has 0 bridgehead atoms. The first-order valence-electron chi connectivity index (χ1n) is 9.77. The molecule has 0 aliphatic carbocycles. The highest BCUT2D eigenvalue weighted by molar-refractivity contribution is 6.07. The van der Waals surface area contributed by atoms with E-state index >= 15 is 0 Å². The third-order valence-electron chi connectivity index (χ3n) is 5.26. The van der Waals surface area contributed by atoms with Crippen LogP contribution >= 0.6 is 0 Å². The Labute approximate surface area is 185 Å². The number of benzene rings is 2. The highest BCUT2D eigenvalue weighted by atomic mass is 19.4. The van der Waals surface area contributed by atoms with Gasteiger partial charge in [0.2, 0.25) is 0 Å².